The Morgan fingerprint density at radius 2 is 1.89 bits per heavy atom. The fraction of sp³-hybridized carbons (Fsp3) is 0.214. The standard InChI is InChI=1S/C14H14N2O2S/c17-19(18)10-13(12-3-1-2-4-14(12)19)16-9-11-5-7-15-8-6-11/h1-8,13,16H,9-10H2. The van der Waals surface area contributed by atoms with Gasteiger partial charge in [0.05, 0.1) is 10.6 Å². The molecule has 1 atom stereocenters. The second-order valence-corrected chi connectivity index (χ2v) is 6.61. The maximum absolute atomic E-state index is 12.0. The molecule has 1 unspecified atom stereocenters. The maximum Gasteiger partial charge on any atom is 0.180 e. The molecule has 98 valence electrons. The Hall–Kier alpha value is -1.72. The van der Waals surface area contributed by atoms with Gasteiger partial charge in [-0.1, -0.05) is 18.2 Å². The lowest BCUT2D eigenvalue weighted by atomic mass is 10.1. The number of fused-ring (bicyclic) bond motifs is 1. The zero-order valence-corrected chi connectivity index (χ0v) is 11.1. The van der Waals surface area contributed by atoms with E-state index in [1.165, 1.54) is 0 Å². The molecule has 0 aliphatic carbocycles. The predicted octanol–water partition coefficient (Wildman–Crippen LogP) is 1.70. The number of hydrogen-bond acceptors (Lipinski definition) is 4. The summed E-state index contributed by atoms with van der Waals surface area (Å²) in [6, 6.07) is 10.9. The molecular formula is C14H14N2O2S. The van der Waals surface area contributed by atoms with E-state index in [9.17, 15) is 8.42 Å². The van der Waals surface area contributed by atoms with Crippen LogP contribution in [0.1, 0.15) is 17.2 Å². The van der Waals surface area contributed by atoms with Crippen molar-refractivity contribution in [3.05, 3.63) is 59.9 Å². The molecule has 2 heterocycles. The van der Waals surface area contributed by atoms with Gasteiger partial charge in [0.25, 0.3) is 0 Å². The van der Waals surface area contributed by atoms with Crippen LogP contribution in [0.5, 0.6) is 0 Å². The molecule has 0 bridgehead atoms. The maximum atomic E-state index is 12.0. The first-order valence-corrected chi connectivity index (χ1v) is 7.76. The number of rotatable bonds is 3. The first-order valence-electron chi connectivity index (χ1n) is 6.11. The zero-order valence-electron chi connectivity index (χ0n) is 10.3. The SMILES string of the molecule is O=S1(=O)CC(NCc2ccncc2)c2ccccc21. The Balaban J connectivity index is 1.81. The van der Waals surface area contributed by atoms with Crippen LogP contribution in [0, 0.1) is 0 Å². The first kappa shape index (κ1) is 12.3. The first-order chi connectivity index (χ1) is 9.17. The lowest BCUT2D eigenvalue weighted by molar-refractivity contribution is 0.566. The third kappa shape index (κ3) is 2.39. The van der Waals surface area contributed by atoms with Crippen molar-refractivity contribution in [1.82, 2.24) is 10.3 Å². The van der Waals surface area contributed by atoms with Crippen molar-refractivity contribution in [1.29, 1.82) is 0 Å². The number of pyridine rings is 1. The van der Waals surface area contributed by atoms with E-state index >= 15 is 0 Å². The molecule has 2 aromatic rings. The van der Waals surface area contributed by atoms with Crippen LogP contribution < -0.4 is 5.32 Å². The topological polar surface area (TPSA) is 59.1 Å². The summed E-state index contributed by atoms with van der Waals surface area (Å²) in [5, 5.41) is 3.30. The Kier molecular flexibility index (Phi) is 3.08. The van der Waals surface area contributed by atoms with Crippen LogP contribution in [0.4, 0.5) is 0 Å². The molecule has 0 fully saturated rings. The summed E-state index contributed by atoms with van der Waals surface area (Å²) in [5.74, 6) is 0.136. The van der Waals surface area contributed by atoms with Crippen LogP contribution in [0.25, 0.3) is 0 Å². The Morgan fingerprint density at radius 3 is 2.68 bits per heavy atom. The minimum atomic E-state index is -3.13. The van der Waals surface area contributed by atoms with E-state index in [1.807, 2.05) is 24.3 Å². The van der Waals surface area contributed by atoms with Crippen LogP contribution in [-0.2, 0) is 16.4 Å². The summed E-state index contributed by atoms with van der Waals surface area (Å²) < 4.78 is 24.0. The normalized spacial score (nSPS) is 20.1. The van der Waals surface area contributed by atoms with Gasteiger partial charge in [-0.15, -0.1) is 0 Å². The van der Waals surface area contributed by atoms with E-state index < -0.39 is 9.84 Å². The molecule has 5 heteroatoms. The van der Waals surface area contributed by atoms with E-state index in [0.29, 0.717) is 11.4 Å². The number of nitrogens with one attached hydrogen (secondary N) is 1. The molecule has 19 heavy (non-hydrogen) atoms. The summed E-state index contributed by atoms with van der Waals surface area (Å²) in [5.41, 5.74) is 1.97. The molecular weight excluding hydrogens is 260 g/mol. The van der Waals surface area contributed by atoms with E-state index in [-0.39, 0.29) is 11.8 Å². The van der Waals surface area contributed by atoms with Crippen molar-refractivity contribution in [2.24, 2.45) is 0 Å². The molecule has 1 aromatic heterocycles. The molecule has 0 saturated heterocycles. The van der Waals surface area contributed by atoms with Crippen molar-refractivity contribution in [2.75, 3.05) is 5.75 Å². The van der Waals surface area contributed by atoms with Crippen LogP contribution in [-0.4, -0.2) is 19.2 Å². The van der Waals surface area contributed by atoms with Crippen LogP contribution in [0.3, 0.4) is 0 Å². The van der Waals surface area contributed by atoms with Crippen molar-refractivity contribution >= 4 is 9.84 Å². The summed E-state index contributed by atoms with van der Waals surface area (Å²) in [4.78, 5) is 4.42. The highest BCUT2D eigenvalue weighted by atomic mass is 32.2. The molecule has 0 spiro atoms. The predicted molar refractivity (Wildman–Crippen MR) is 72.3 cm³/mol. The summed E-state index contributed by atoms with van der Waals surface area (Å²) >= 11 is 0. The van der Waals surface area contributed by atoms with Crippen molar-refractivity contribution < 1.29 is 8.42 Å². The fourth-order valence-electron chi connectivity index (χ4n) is 2.36. The molecule has 0 radical (unpaired) electrons. The Bertz CT molecular complexity index is 684. The quantitative estimate of drug-likeness (QED) is 0.925. The van der Waals surface area contributed by atoms with Gasteiger partial charge in [0.1, 0.15) is 0 Å². The largest absolute Gasteiger partial charge is 0.305 e. The molecule has 1 aliphatic heterocycles. The van der Waals surface area contributed by atoms with Gasteiger partial charge >= 0.3 is 0 Å². The van der Waals surface area contributed by atoms with Crippen LogP contribution in [0.15, 0.2) is 53.7 Å². The lowest BCUT2D eigenvalue weighted by Crippen LogP contribution is -2.22. The zero-order chi connectivity index (χ0) is 13.3. The minimum absolute atomic E-state index is 0.130. The lowest BCUT2D eigenvalue weighted by Gasteiger charge is -2.12. The Labute approximate surface area is 112 Å². The van der Waals surface area contributed by atoms with E-state index in [2.05, 4.69) is 10.3 Å². The molecule has 0 amide bonds. The molecule has 0 saturated carbocycles. The van der Waals surface area contributed by atoms with Gasteiger partial charge in [-0.25, -0.2) is 8.42 Å². The van der Waals surface area contributed by atoms with Crippen molar-refractivity contribution in [3.63, 3.8) is 0 Å². The minimum Gasteiger partial charge on any atom is -0.305 e. The van der Waals surface area contributed by atoms with E-state index in [0.717, 1.165) is 11.1 Å². The van der Waals surface area contributed by atoms with E-state index in [1.54, 1.807) is 24.5 Å². The number of aromatic nitrogens is 1. The molecule has 3 rings (SSSR count). The number of nitrogens with zero attached hydrogens (tertiary/aromatic N) is 1. The summed E-state index contributed by atoms with van der Waals surface area (Å²) in [6.07, 6.45) is 3.46. The molecule has 1 aromatic carbocycles. The fourth-order valence-corrected chi connectivity index (χ4v) is 4.13. The highest BCUT2D eigenvalue weighted by molar-refractivity contribution is 7.91. The summed E-state index contributed by atoms with van der Waals surface area (Å²) in [7, 11) is -3.13. The Morgan fingerprint density at radius 1 is 1.16 bits per heavy atom. The van der Waals surface area contributed by atoms with Crippen molar-refractivity contribution in [2.45, 2.75) is 17.5 Å². The van der Waals surface area contributed by atoms with Crippen LogP contribution >= 0.6 is 0 Å². The average Bonchev–Trinajstić information content (AvgIpc) is 2.70. The second-order valence-electron chi connectivity index (χ2n) is 4.61. The van der Waals surface area contributed by atoms with Gasteiger partial charge in [0, 0.05) is 25.0 Å². The number of sulfone groups is 1. The monoisotopic (exact) mass is 274 g/mol. The molecule has 1 aliphatic rings. The number of benzene rings is 1. The average molecular weight is 274 g/mol. The van der Waals surface area contributed by atoms with E-state index in [4.69, 9.17) is 0 Å². The third-order valence-electron chi connectivity index (χ3n) is 3.32. The second kappa shape index (κ2) is 4.75. The van der Waals surface area contributed by atoms with Crippen molar-refractivity contribution in [3.8, 4) is 0 Å². The van der Waals surface area contributed by atoms with Gasteiger partial charge in [-0.2, -0.15) is 0 Å². The molecule has 1 N–H and O–H groups in total. The highest BCUT2D eigenvalue weighted by Gasteiger charge is 2.33. The van der Waals surface area contributed by atoms with Crippen LogP contribution in [0.2, 0.25) is 0 Å². The van der Waals surface area contributed by atoms with Gasteiger partial charge in [0.15, 0.2) is 9.84 Å². The smallest absolute Gasteiger partial charge is 0.180 e. The van der Waals surface area contributed by atoms with Gasteiger partial charge < -0.3 is 5.32 Å². The highest BCUT2D eigenvalue weighted by Crippen LogP contribution is 2.33. The third-order valence-corrected chi connectivity index (χ3v) is 5.13. The molecule has 4 nitrogen and oxygen atoms in total. The van der Waals surface area contributed by atoms with Gasteiger partial charge in [0.2, 0.25) is 0 Å². The number of hydrogen-bond donors (Lipinski definition) is 1. The van der Waals surface area contributed by atoms with Gasteiger partial charge in [-0.3, -0.25) is 4.98 Å². The summed E-state index contributed by atoms with van der Waals surface area (Å²) in [6.45, 7) is 0.636. The van der Waals surface area contributed by atoms with Gasteiger partial charge in [-0.05, 0) is 29.3 Å².